The molecule has 1 aliphatic rings. The highest BCUT2D eigenvalue weighted by molar-refractivity contribution is 6.16. The third kappa shape index (κ3) is 2.09. The van der Waals surface area contributed by atoms with Gasteiger partial charge in [-0.15, -0.1) is 11.6 Å². The van der Waals surface area contributed by atoms with Gasteiger partial charge in [-0.25, -0.2) is 4.98 Å². The number of hydrogen-bond acceptors (Lipinski definition) is 2. The second-order valence-corrected chi connectivity index (χ2v) is 6.64. The van der Waals surface area contributed by atoms with E-state index in [-0.39, 0.29) is 0 Å². The van der Waals surface area contributed by atoms with Crippen LogP contribution in [0, 0.1) is 16.7 Å². The van der Waals surface area contributed by atoms with Crippen molar-refractivity contribution in [1.29, 1.82) is 5.26 Å². The molecule has 1 heterocycles. The molecule has 1 atom stereocenters. The normalized spacial score (nSPS) is 21.2. The highest BCUT2D eigenvalue weighted by Crippen LogP contribution is 2.45. The van der Waals surface area contributed by atoms with E-state index in [0.29, 0.717) is 22.9 Å². The third-order valence-corrected chi connectivity index (χ3v) is 4.58. The minimum atomic E-state index is 0.373. The van der Waals surface area contributed by atoms with E-state index < -0.39 is 0 Å². The van der Waals surface area contributed by atoms with E-state index in [0.717, 1.165) is 29.7 Å². The van der Waals surface area contributed by atoms with Crippen molar-refractivity contribution >= 4 is 22.6 Å². The molecule has 1 aliphatic carbocycles. The lowest BCUT2D eigenvalue weighted by molar-refractivity contribution is 0.359. The molecule has 4 heteroatoms. The van der Waals surface area contributed by atoms with Gasteiger partial charge in [-0.1, -0.05) is 19.9 Å². The first-order chi connectivity index (χ1) is 9.55. The van der Waals surface area contributed by atoms with Crippen LogP contribution in [0.15, 0.2) is 18.2 Å². The van der Waals surface area contributed by atoms with Gasteiger partial charge in [-0.2, -0.15) is 5.26 Å². The van der Waals surface area contributed by atoms with Gasteiger partial charge < -0.3 is 4.57 Å². The SMILES string of the molecule is CC1(C)CCC(n2c(CCl)nc3c(C#N)cccc32)C1. The lowest BCUT2D eigenvalue weighted by Gasteiger charge is -2.19. The van der Waals surface area contributed by atoms with Crippen LogP contribution in [-0.2, 0) is 5.88 Å². The second kappa shape index (κ2) is 4.79. The number of alkyl halides is 1. The van der Waals surface area contributed by atoms with Gasteiger partial charge in [-0.3, -0.25) is 0 Å². The Balaban J connectivity index is 2.17. The lowest BCUT2D eigenvalue weighted by Crippen LogP contribution is -2.11. The van der Waals surface area contributed by atoms with Crippen molar-refractivity contribution in [3.63, 3.8) is 0 Å². The molecule has 104 valence electrons. The standard InChI is InChI=1S/C16H18ClN3/c1-16(2)7-6-12(8-16)20-13-5-3-4-11(10-18)15(13)19-14(20)9-17/h3-5,12H,6-9H2,1-2H3. The number of para-hydroxylation sites is 1. The van der Waals surface area contributed by atoms with Gasteiger partial charge in [0.1, 0.15) is 17.4 Å². The summed E-state index contributed by atoms with van der Waals surface area (Å²) >= 11 is 6.08. The molecule has 3 nitrogen and oxygen atoms in total. The third-order valence-electron chi connectivity index (χ3n) is 4.34. The minimum Gasteiger partial charge on any atom is -0.324 e. The van der Waals surface area contributed by atoms with E-state index in [9.17, 15) is 5.26 Å². The smallest absolute Gasteiger partial charge is 0.125 e. The zero-order chi connectivity index (χ0) is 14.3. The summed E-state index contributed by atoms with van der Waals surface area (Å²) in [6.07, 6.45) is 3.51. The van der Waals surface area contributed by atoms with E-state index in [4.69, 9.17) is 11.6 Å². The molecule has 1 fully saturated rings. The van der Waals surface area contributed by atoms with Crippen LogP contribution in [0.25, 0.3) is 11.0 Å². The summed E-state index contributed by atoms with van der Waals surface area (Å²) < 4.78 is 2.26. The van der Waals surface area contributed by atoms with Gasteiger partial charge in [0.15, 0.2) is 0 Å². The van der Waals surface area contributed by atoms with Crippen molar-refractivity contribution in [3.8, 4) is 6.07 Å². The Bertz CT molecular complexity index is 694. The highest BCUT2D eigenvalue weighted by atomic mass is 35.5. The summed E-state index contributed by atoms with van der Waals surface area (Å²) in [5.74, 6) is 1.27. The van der Waals surface area contributed by atoms with Crippen molar-refractivity contribution in [3.05, 3.63) is 29.6 Å². The average molecular weight is 288 g/mol. The number of benzene rings is 1. The molecule has 0 bridgehead atoms. The van der Waals surface area contributed by atoms with Gasteiger partial charge in [0, 0.05) is 6.04 Å². The number of hydrogen-bond donors (Lipinski definition) is 0. The highest BCUT2D eigenvalue weighted by Gasteiger charge is 2.33. The maximum Gasteiger partial charge on any atom is 0.125 e. The molecule has 0 radical (unpaired) electrons. The van der Waals surface area contributed by atoms with Crippen LogP contribution in [-0.4, -0.2) is 9.55 Å². The molecule has 1 aromatic heterocycles. The van der Waals surface area contributed by atoms with Gasteiger partial charge in [0.05, 0.1) is 17.0 Å². The first-order valence-electron chi connectivity index (χ1n) is 7.01. The van der Waals surface area contributed by atoms with Gasteiger partial charge in [0.2, 0.25) is 0 Å². The Kier molecular flexibility index (Phi) is 3.22. The van der Waals surface area contributed by atoms with E-state index in [1.807, 2.05) is 18.2 Å². The molecule has 2 aromatic rings. The van der Waals surface area contributed by atoms with E-state index in [2.05, 4.69) is 29.5 Å². The Morgan fingerprint density at radius 2 is 2.30 bits per heavy atom. The molecule has 0 N–H and O–H groups in total. The van der Waals surface area contributed by atoms with E-state index in [1.54, 1.807) is 0 Å². The van der Waals surface area contributed by atoms with Gasteiger partial charge in [0.25, 0.3) is 0 Å². The van der Waals surface area contributed by atoms with E-state index in [1.165, 1.54) is 6.42 Å². The second-order valence-electron chi connectivity index (χ2n) is 6.38. The van der Waals surface area contributed by atoms with Crippen LogP contribution in [0.1, 0.15) is 50.5 Å². The van der Waals surface area contributed by atoms with Crippen LogP contribution < -0.4 is 0 Å². The quantitative estimate of drug-likeness (QED) is 0.768. The number of nitrogens with zero attached hydrogens (tertiary/aromatic N) is 3. The van der Waals surface area contributed by atoms with Crippen LogP contribution >= 0.6 is 11.6 Å². The molecule has 0 saturated heterocycles. The number of aromatic nitrogens is 2. The van der Waals surface area contributed by atoms with Crippen LogP contribution in [0.3, 0.4) is 0 Å². The summed E-state index contributed by atoms with van der Waals surface area (Å²) in [5.41, 5.74) is 2.83. The fraction of sp³-hybridized carbons (Fsp3) is 0.500. The minimum absolute atomic E-state index is 0.373. The summed E-state index contributed by atoms with van der Waals surface area (Å²) in [7, 11) is 0. The van der Waals surface area contributed by atoms with Gasteiger partial charge in [-0.05, 0) is 36.8 Å². The molecule has 1 unspecified atom stereocenters. The molecule has 0 aliphatic heterocycles. The Hall–Kier alpha value is -1.53. The predicted molar refractivity (Wildman–Crippen MR) is 80.7 cm³/mol. The van der Waals surface area contributed by atoms with Crippen LogP contribution in [0.2, 0.25) is 0 Å². The zero-order valence-electron chi connectivity index (χ0n) is 11.9. The number of imidazole rings is 1. The van der Waals surface area contributed by atoms with E-state index >= 15 is 0 Å². The monoisotopic (exact) mass is 287 g/mol. The molecule has 0 amide bonds. The molecule has 0 spiro atoms. The first kappa shape index (κ1) is 13.5. The Labute approximate surface area is 124 Å². The number of rotatable bonds is 2. The fourth-order valence-corrected chi connectivity index (χ4v) is 3.57. The number of nitriles is 1. The number of halogens is 1. The molecule has 1 saturated carbocycles. The molecule has 1 aromatic carbocycles. The lowest BCUT2D eigenvalue weighted by atomic mass is 9.92. The zero-order valence-corrected chi connectivity index (χ0v) is 12.6. The van der Waals surface area contributed by atoms with Crippen LogP contribution in [0.5, 0.6) is 0 Å². The summed E-state index contributed by atoms with van der Waals surface area (Å²) in [5, 5.41) is 9.22. The maximum absolute atomic E-state index is 9.22. The van der Waals surface area contributed by atoms with Crippen molar-refractivity contribution in [1.82, 2.24) is 9.55 Å². The first-order valence-corrected chi connectivity index (χ1v) is 7.55. The maximum atomic E-state index is 9.22. The summed E-state index contributed by atoms with van der Waals surface area (Å²) in [4.78, 5) is 4.60. The molecule has 20 heavy (non-hydrogen) atoms. The van der Waals surface area contributed by atoms with Crippen molar-refractivity contribution in [2.24, 2.45) is 5.41 Å². The van der Waals surface area contributed by atoms with Crippen molar-refractivity contribution in [2.45, 2.75) is 45.0 Å². The average Bonchev–Trinajstić information content (AvgIpc) is 2.97. The summed E-state index contributed by atoms with van der Waals surface area (Å²) in [6, 6.07) is 8.45. The number of fused-ring (bicyclic) bond motifs is 1. The van der Waals surface area contributed by atoms with Crippen molar-refractivity contribution < 1.29 is 0 Å². The largest absolute Gasteiger partial charge is 0.324 e. The summed E-state index contributed by atoms with van der Waals surface area (Å²) in [6.45, 7) is 4.63. The fourth-order valence-electron chi connectivity index (χ4n) is 3.38. The van der Waals surface area contributed by atoms with Crippen molar-refractivity contribution in [2.75, 3.05) is 0 Å². The molecular formula is C16H18ClN3. The van der Waals surface area contributed by atoms with Gasteiger partial charge >= 0.3 is 0 Å². The Morgan fingerprint density at radius 1 is 1.50 bits per heavy atom. The van der Waals surface area contributed by atoms with Crippen LogP contribution in [0.4, 0.5) is 0 Å². The topological polar surface area (TPSA) is 41.6 Å². The molecule has 3 rings (SSSR count). The molecular weight excluding hydrogens is 270 g/mol. The predicted octanol–water partition coefficient (Wildman–Crippen LogP) is 4.40. The Morgan fingerprint density at radius 3 is 2.90 bits per heavy atom.